The van der Waals surface area contributed by atoms with Gasteiger partial charge in [0.1, 0.15) is 11.4 Å². The lowest BCUT2D eigenvalue weighted by Crippen LogP contribution is -1.97. The number of aromatic nitrogens is 4. The zero-order valence-electron chi connectivity index (χ0n) is 9.88. The first-order valence-corrected chi connectivity index (χ1v) is 8.00. The van der Waals surface area contributed by atoms with Crippen molar-refractivity contribution < 1.29 is 4.39 Å². The van der Waals surface area contributed by atoms with Gasteiger partial charge in [-0.1, -0.05) is 36.9 Å². The summed E-state index contributed by atoms with van der Waals surface area (Å²) in [6.45, 7) is 3.91. The van der Waals surface area contributed by atoms with Gasteiger partial charge in [-0.2, -0.15) is 0 Å². The highest BCUT2D eigenvalue weighted by Crippen LogP contribution is 2.33. The Bertz CT molecular complexity index is 532. The highest BCUT2D eigenvalue weighted by Gasteiger charge is 2.14. The van der Waals surface area contributed by atoms with Crippen LogP contribution in [0.3, 0.4) is 0 Å². The molecule has 8 heteroatoms. The molecule has 0 bridgehead atoms. The van der Waals surface area contributed by atoms with Crippen LogP contribution in [-0.2, 0) is 6.42 Å². The van der Waals surface area contributed by atoms with E-state index in [-0.39, 0.29) is 5.82 Å². The Morgan fingerprint density at radius 2 is 2.00 bits per heavy atom. The number of halogens is 1. The summed E-state index contributed by atoms with van der Waals surface area (Å²) >= 11 is 4.27. The third kappa shape index (κ3) is 3.18. The van der Waals surface area contributed by atoms with Crippen LogP contribution in [0.4, 0.5) is 4.39 Å². The molecule has 0 atom stereocenters. The predicted octanol–water partition coefficient (Wildman–Crippen LogP) is 3.29. The number of aryl methyl sites for hydroxylation is 1. The summed E-state index contributed by atoms with van der Waals surface area (Å²) in [4.78, 5) is 7.84. The van der Waals surface area contributed by atoms with Crippen LogP contribution in [0.25, 0.3) is 0 Å². The molecule has 0 saturated heterocycles. The lowest BCUT2D eigenvalue weighted by Gasteiger charge is -2.01. The molecule has 0 saturated carbocycles. The maximum Gasteiger partial charge on any atom is 0.181 e. The number of rotatable bonds is 5. The van der Waals surface area contributed by atoms with Gasteiger partial charge >= 0.3 is 0 Å². The normalized spacial score (nSPS) is 10.8. The monoisotopic (exact) mass is 302 g/mol. The lowest BCUT2D eigenvalue weighted by molar-refractivity contribution is 0.559. The molecular weight excluding hydrogens is 291 g/mol. The second-order valence-corrected chi connectivity index (χ2v) is 6.89. The fraction of sp³-hybridized carbons (Fsp3) is 0.400. The van der Waals surface area contributed by atoms with E-state index in [9.17, 15) is 4.39 Å². The van der Waals surface area contributed by atoms with Crippen molar-refractivity contribution in [3.8, 4) is 0 Å². The maximum absolute atomic E-state index is 13.9. The van der Waals surface area contributed by atoms with Crippen molar-refractivity contribution in [2.45, 2.75) is 34.0 Å². The minimum atomic E-state index is -0.357. The van der Waals surface area contributed by atoms with Crippen LogP contribution >= 0.6 is 34.9 Å². The summed E-state index contributed by atoms with van der Waals surface area (Å²) in [5.74, 6) is 0.589. The van der Waals surface area contributed by atoms with Crippen LogP contribution in [0.1, 0.15) is 19.5 Å². The minimum Gasteiger partial charge on any atom is -0.238 e. The Balaban J connectivity index is 2.17. The topological polar surface area (TPSA) is 51.6 Å². The van der Waals surface area contributed by atoms with Crippen molar-refractivity contribution in [3.05, 3.63) is 17.8 Å². The van der Waals surface area contributed by atoms with Gasteiger partial charge in [-0.3, -0.25) is 0 Å². The van der Waals surface area contributed by atoms with Gasteiger partial charge in [-0.25, -0.2) is 14.4 Å². The Morgan fingerprint density at radius 1 is 1.22 bits per heavy atom. The molecule has 2 aromatic rings. The van der Waals surface area contributed by atoms with E-state index < -0.39 is 0 Å². The van der Waals surface area contributed by atoms with E-state index in [1.165, 1.54) is 29.4 Å². The van der Waals surface area contributed by atoms with Gasteiger partial charge < -0.3 is 0 Å². The SMILES string of the molecule is CCSc1nnc(Sc2ncnc(CC)c2F)s1. The van der Waals surface area contributed by atoms with Crippen molar-refractivity contribution in [3.63, 3.8) is 0 Å². The molecule has 0 unspecified atom stereocenters. The van der Waals surface area contributed by atoms with E-state index >= 15 is 0 Å². The molecule has 18 heavy (non-hydrogen) atoms. The molecule has 0 aliphatic rings. The largest absolute Gasteiger partial charge is 0.238 e. The molecule has 4 nitrogen and oxygen atoms in total. The molecule has 0 aliphatic carbocycles. The third-order valence-electron chi connectivity index (χ3n) is 2.00. The summed E-state index contributed by atoms with van der Waals surface area (Å²) in [6, 6.07) is 0. The van der Waals surface area contributed by atoms with Crippen molar-refractivity contribution in [1.82, 2.24) is 20.2 Å². The maximum atomic E-state index is 13.9. The zero-order chi connectivity index (χ0) is 13.0. The number of nitrogens with zero attached hydrogens (tertiary/aromatic N) is 4. The number of thioether (sulfide) groups is 1. The van der Waals surface area contributed by atoms with E-state index in [0.717, 1.165) is 10.1 Å². The van der Waals surface area contributed by atoms with E-state index in [4.69, 9.17) is 0 Å². The Kier molecular flexibility index (Phi) is 4.90. The van der Waals surface area contributed by atoms with E-state index in [2.05, 4.69) is 27.1 Å². The Labute approximate surface area is 117 Å². The van der Waals surface area contributed by atoms with Crippen LogP contribution in [0, 0.1) is 5.82 Å². The average molecular weight is 302 g/mol. The van der Waals surface area contributed by atoms with Crippen LogP contribution in [0.5, 0.6) is 0 Å². The molecule has 0 amide bonds. The van der Waals surface area contributed by atoms with E-state index in [1.807, 2.05) is 6.92 Å². The van der Waals surface area contributed by atoms with Gasteiger partial charge in [0.25, 0.3) is 0 Å². The van der Waals surface area contributed by atoms with Crippen LogP contribution < -0.4 is 0 Å². The first-order chi connectivity index (χ1) is 8.74. The molecule has 0 fully saturated rings. The minimum absolute atomic E-state index is 0.311. The Hall–Kier alpha value is -0.730. The van der Waals surface area contributed by atoms with Crippen molar-refractivity contribution in [2.75, 3.05) is 5.75 Å². The van der Waals surface area contributed by atoms with Crippen LogP contribution in [0.2, 0.25) is 0 Å². The van der Waals surface area contributed by atoms with Crippen molar-refractivity contribution in [2.24, 2.45) is 0 Å². The molecule has 0 radical (unpaired) electrons. The van der Waals surface area contributed by atoms with E-state index in [1.54, 1.807) is 11.8 Å². The molecule has 2 heterocycles. The highest BCUT2D eigenvalue weighted by atomic mass is 32.2. The highest BCUT2D eigenvalue weighted by molar-refractivity contribution is 8.03. The third-order valence-corrected chi connectivity index (χ3v) is 4.97. The van der Waals surface area contributed by atoms with Crippen LogP contribution in [-0.4, -0.2) is 25.9 Å². The molecular formula is C10H11FN4S3. The fourth-order valence-corrected chi connectivity index (χ4v) is 4.05. The quantitative estimate of drug-likeness (QED) is 0.624. The van der Waals surface area contributed by atoms with Gasteiger partial charge in [0.2, 0.25) is 0 Å². The molecule has 96 valence electrons. The number of hydrogen-bond donors (Lipinski definition) is 0. The molecule has 0 spiro atoms. The van der Waals surface area contributed by atoms with Crippen LogP contribution in [0.15, 0.2) is 20.0 Å². The smallest absolute Gasteiger partial charge is 0.181 e. The predicted molar refractivity (Wildman–Crippen MR) is 71.8 cm³/mol. The molecule has 0 aromatic carbocycles. The van der Waals surface area contributed by atoms with Crippen molar-refractivity contribution >= 4 is 34.9 Å². The number of hydrogen-bond acceptors (Lipinski definition) is 7. The van der Waals surface area contributed by atoms with E-state index in [0.29, 0.717) is 21.5 Å². The average Bonchev–Trinajstić information content (AvgIpc) is 2.80. The van der Waals surface area contributed by atoms with Gasteiger partial charge in [0.15, 0.2) is 14.5 Å². The van der Waals surface area contributed by atoms with Crippen molar-refractivity contribution in [1.29, 1.82) is 0 Å². The molecule has 0 aliphatic heterocycles. The summed E-state index contributed by atoms with van der Waals surface area (Å²) in [7, 11) is 0. The fourth-order valence-electron chi connectivity index (χ4n) is 1.21. The molecule has 2 rings (SSSR count). The lowest BCUT2D eigenvalue weighted by atomic mass is 10.3. The van der Waals surface area contributed by atoms with Gasteiger partial charge in [-0.15, -0.1) is 10.2 Å². The van der Waals surface area contributed by atoms with Gasteiger partial charge in [-0.05, 0) is 23.9 Å². The summed E-state index contributed by atoms with van der Waals surface area (Å²) in [5.41, 5.74) is 0.431. The zero-order valence-corrected chi connectivity index (χ0v) is 12.3. The standard InChI is InChI=1S/C10H11FN4S3/c1-3-6-7(11)8(13-5-12-6)17-10-15-14-9(18-10)16-4-2/h5H,3-4H2,1-2H3. The van der Waals surface area contributed by atoms with Gasteiger partial charge in [0, 0.05) is 0 Å². The summed E-state index contributed by atoms with van der Waals surface area (Å²) in [6.07, 6.45) is 1.93. The Morgan fingerprint density at radius 3 is 2.72 bits per heavy atom. The summed E-state index contributed by atoms with van der Waals surface area (Å²) in [5, 5.41) is 8.34. The van der Waals surface area contributed by atoms with Gasteiger partial charge in [0.05, 0.1) is 5.69 Å². The first kappa shape index (κ1) is 13.7. The second kappa shape index (κ2) is 6.44. The second-order valence-electron chi connectivity index (χ2n) is 3.16. The first-order valence-electron chi connectivity index (χ1n) is 5.38. The summed E-state index contributed by atoms with van der Waals surface area (Å²) < 4.78 is 15.5. The molecule has 2 aromatic heterocycles. The molecule has 0 N–H and O–H groups in total.